The Balaban J connectivity index is 1.49. The molecule has 1 saturated heterocycles. The molecule has 0 atom stereocenters. The number of aryl methyl sites for hydroxylation is 1. The van der Waals surface area contributed by atoms with Gasteiger partial charge in [-0.25, -0.2) is 12.8 Å². The Bertz CT molecular complexity index is 833. The second kappa shape index (κ2) is 8.52. The lowest BCUT2D eigenvalue weighted by Gasteiger charge is -2.33. The minimum Gasteiger partial charge on any atom is -0.300 e. The molecule has 0 bridgehead atoms. The van der Waals surface area contributed by atoms with E-state index < -0.39 is 10.0 Å². The average molecular weight is 395 g/mol. The highest BCUT2D eigenvalue weighted by Gasteiger charge is 2.28. The van der Waals surface area contributed by atoms with Crippen LogP contribution in [0.4, 0.5) is 4.39 Å². The molecule has 1 aliphatic rings. The van der Waals surface area contributed by atoms with E-state index in [0.29, 0.717) is 36.0 Å². The molecular weight excluding hydrogens is 371 g/mol. The third-order valence-electron chi connectivity index (χ3n) is 4.49. The fourth-order valence-corrected chi connectivity index (χ4v) is 5.27. The van der Waals surface area contributed by atoms with Crippen molar-refractivity contribution < 1.29 is 12.8 Å². The van der Waals surface area contributed by atoms with E-state index in [1.165, 1.54) is 17.8 Å². The molecule has 0 saturated carbocycles. The van der Waals surface area contributed by atoms with Crippen LogP contribution in [0.25, 0.3) is 0 Å². The van der Waals surface area contributed by atoms with Crippen molar-refractivity contribution in [2.24, 2.45) is 0 Å². The van der Waals surface area contributed by atoms with E-state index in [1.807, 2.05) is 25.1 Å². The first-order chi connectivity index (χ1) is 12.5. The zero-order valence-electron chi connectivity index (χ0n) is 14.8. The smallest absolute Gasteiger partial charge is 0.243 e. The highest BCUT2D eigenvalue weighted by Crippen LogP contribution is 2.22. The number of nitrogens with zero attached hydrogens (tertiary/aromatic N) is 2. The van der Waals surface area contributed by atoms with Crippen LogP contribution in [0.3, 0.4) is 0 Å². The number of halogens is 1. The first kappa shape index (κ1) is 19.4. The van der Waals surface area contributed by atoms with Crippen LogP contribution in [0.1, 0.15) is 5.56 Å². The molecule has 1 aliphatic heterocycles. The number of sulfonamides is 1. The van der Waals surface area contributed by atoms with Gasteiger partial charge in [0.2, 0.25) is 10.0 Å². The lowest BCUT2D eigenvalue weighted by molar-refractivity contribution is 0.197. The summed E-state index contributed by atoms with van der Waals surface area (Å²) in [6, 6.07) is 13.8. The van der Waals surface area contributed by atoms with E-state index in [0.717, 1.165) is 17.9 Å². The van der Waals surface area contributed by atoms with Gasteiger partial charge in [-0.05, 0) is 31.2 Å². The summed E-state index contributed by atoms with van der Waals surface area (Å²) in [5, 5.41) is 0. The quantitative estimate of drug-likeness (QED) is 0.706. The number of piperazine rings is 1. The number of thioether (sulfide) groups is 1. The zero-order chi connectivity index (χ0) is 18.6. The lowest BCUT2D eigenvalue weighted by Crippen LogP contribution is -2.49. The molecule has 140 valence electrons. The standard InChI is InChI=1S/C19H23FN2O2S2/c1-16-6-8-17(9-7-16)26(23,24)22-12-10-21(11-13-22)14-15-25-19-5-3-2-4-18(19)20/h2-9H,10-15H2,1H3. The van der Waals surface area contributed by atoms with Gasteiger partial charge in [-0.2, -0.15) is 4.31 Å². The van der Waals surface area contributed by atoms with Gasteiger partial charge in [0.25, 0.3) is 0 Å². The predicted molar refractivity (Wildman–Crippen MR) is 104 cm³/mol. The molecule has 0 amide bonds. The Kier molecular flexibility index (Phi) is 6.34. The Labute approximate surface area is 159 Å². The van der Waals surface area contributed by atoms with Crippen molar-refractivity contribution in [3.8, 4) is 0 Å². The number of rotatable bonds is 6. The fourth-order valence-electron chi connectivity index (χ4n) is 2.90. The van der Waals surface area contributed by atoms with Crippen LogP contribution in [0.15, 0.2) is 58.3 Å². The summed E-state index contributed by atoms with van der Waals surface area (Å²) >= 11 is 1.50. The molecule has 0 N–H and O–H groups in total. The number of hydrogen-bond donors (Lipinski definition) is 0. The van der Waals surface area contributed by atoms with Gasteiger partial charge in [-0.1, -0.05) is 29.8 Å². The van der Waals surface area contributed by atoms with Crippen molar-refractivity contribution in [1.82, 2.24) is 9.21 Å². The van der Waals surface area contributed by atoms with Crippen molar-refractivity contribution in [1.29, 1.82) is 0 Å². The third kappa shape index (κ3) is 4.65. The highest BCUT2D eigenvalue weighted by molar-refractivity contribution is 7.99. The van der Waals surface area contributed by atoms with Crippen LogP contribution in [0, 0.1) is 12.7 Å². The number of hydrogen-bond acceptors (Lipinski definition) is 4. The van der Waals surface area contributed by atoms with Crippen LogP contribution in [-0.2, 0) is 10.0 Å². The maximum Gasteiger partial charge on any atom is 0.243 e. The normalized spacial score (nSPS) is 16.7. The van der Waals surface area contributed by atoms with Gasteiger partial charge in [0, 0.05) is 43.4 Å². The van der Waals surface area contributed by atoms with E-state index in [4.69, 9.17) is 0 Å². The lowest BCUT2D eigenvalue weighted by atomic mass is 10.2. The minimum atomic E-state index is -3.42. The molecule has 0 radical (unpaired) electrons. The molecule has 7 heteroatoms. The third-order valence-corrected chi connectivity index (χ3v) is 7.43. The van der Waals surface area contributed by atoms with E-state index in [9.17, 15) is 12.8 Å². The molecule has 0 aromatic heterocycles. The summed E-state index contributed by atoms with van der Waals surface area (Å²) in [5.41, 5.74) is 1.04. The topological polar surface area (TPSA) is 40.6 Å². The summed E-state index contributed by atoms with van der Waals surface area (Å²) in [6.45, 7) is 5.12. The fraction of sp³-hybridized carbons (Fsp3) is 0.368. The van der Waals surface area contributed by atoms with Gasteiger partial charge >= 0.3 is 0 Å². The Morgan fingerprint density at radius 3 is 2.31 bits per heavy atom. The molecular formula is C19H23FN2O2S2. The van der Waals surface area contributed by atoms with E-state index in [1.54, 1.807) is 28.6 Å². The second-order valence-electron chi connectivity index (χ2n) is 6.34. The van der Waals surface area contributed by atoms with Gasteiger partial charge in [-0.3, -0.25) is 4.90 Å². The van der Waals surface area contributed by atoms with E-state index in [-0.39, 0.29) is 5.82 Å². The van der Waals surface area contributed by atoms with Crippen LogP contribution in [0.5, 0.6) is 0 Å². The second-order valence-corrected chi connectivity index (χ2v) is 9.41. The zero-order valence-corrected chi connectivity index (χ0v) is 16.4. The van der Waals surface area contributed by atoms with Crippen molar-refractivity contribution in [3.63, 3.8) is 0 Å². The van der Waals surface area contributed by atoms with Crippen molar-refractivity contribution >= 4 is 21.8 Å². The van der Waals surface area contributed by atoms with E-state index >= 15 is 0 Å². The average Bonchev–Trinajstić information content (AvgIpc) is 2.64. The highest BCUT2D eigenvalue weighted by atomic mass is 32.2. The SMILES string of the molecule is Cc1ccc(S(=O)(=O)N2CCN(CCSc3ccccc3F)CC2)cc1. The van der Waals surface area contributed by atoms with Gasteiger partial charge in [-0.15, -0.1) is 11.8 Å². The monoisotopic (exact) mass is 394 g/mol. The summed E-state index contributed by atoms with van der Waals surface area (Å²) in [7, 11) is -3.42. The summed E-state index contributed by atoms with van der Waals surface area (Å²) in [6.07, 6.45) is 0. The van der Waals surface area contributed by atoms with Crippen molar-refractivity contribution in [3.05, 3.63) is 59.9 Å². The van der Waals surface area contributed by atoms with Crippen molar-refractivity contribution in [2.45, 2.75) is 16.7 Å². The molecule has 1 fully saturated rings. The van der Waals surface area contributed by atoms with Crippen molar-refractivity contribution in [2.75, 3.05) is 38.5 Å². The maximum absolute atomic E-state index is 13.6. The summed E-state index contributed by atoms with van der Waals surface area (Å²) in [4.78, 5) is 3.24. The minimum absolute atomic E-state index is 0.188. The predicted octanol–water partition coefficient (Wildman–Crippen LogP) is 3.23. The van der Waals surface area contributed by atoms with Crippen LogP contribution < -0.4 is 0 Å². The summed E-state index contributed by atoms with van der Waals surface area (Å²) < 4.78 is 40.6. The Morgan fingerprint density at radius 2 is 1.65 bits per heavy atom. The largest absolute Gasteiger partial charge is 0.300 e. The number of benzene rings is 2. The molecule has 0 spiro atoms. The van der Waals surface area contributed by atoms with Gasteiger partial charge in [0.1, 0.15) is 5.82 Å². The summed E-state index contributed by atoms with van der Waals surface area (Å²) in [5.74, 6) is 0.595. The molecule has 0 unspecified atom stereocenters. The Morgan fingerprint density at radius 1 is 1.00 bits per heavy atom. The van der Waals surface area contributed by atoms with Gasteiger partial charge in [0.05, 0.1) is 4.90 Å². The Hall–Kier alpha value is -1.41. The molecule has 4 nitrogen and oxygen atoms in total. The maximum atomic E-state index is 13.6. The molecule has 1 heterocycles. The van der Waals surface area contributed by atoms with Gasteiger partial charge < -0.3 is 0 Å². The molecule has 2 aromatic carbocycles. The molecule has 26 heavy (non-hydrogen) atoms. The van der Waals surface area contributed by atoms with E-state index in [2.05, 4.69) is 4.90 Å². The molecule has 2 aromatic rings. The van der Waals surface area contributed by atoms with Crippen LogP contribution in [0.2, 0.25) is 0 Å². The molecule has 0 aliphatic carbocycles. The van der Waals surface area contributed by atoms with Crippen LogP contribution in [-0.4, -0.2) is 56.1 Å². The van der Waals surface area contributed by atoms with Crippen LogP contribution >= 0.6 is 11.8 Å². The molecule has 3 rings (SSSR count). The first-order valence-electron chi connectivity index (χ1n) is 8.63. The van der Waals surface area contributed by atoms with Gasteiger partial charge in [0.15, 0.2) is 0 Å². The first-order valence-corrected chi connectivity index (χ1v) is 11.1.